The van der Waals surface area contributed by atoms with Gasteiger partial charge in [-0.25, -0.2) is 14.8 Å². The minimum absolute atomic E-state index is 0.0357. The first-order valence-corrected chi connectivity index (χ1v) is 9.61. The topological polar surface area (TPSA) is 91.7 Å². The van der Waals surface area contributed by atoms with Crippen LogP contribution in [-0.2, 0) is 6.54 Å². The lowest BCUT2D eigenvalue weighted by Gasteiger charge is -2.31. The van der Waals surface area contributed by atoms with Crippen LogP contribution in [0.2, 0.25) is 0 Å². The number of urea groups is 1. The molecule has 2 N–H and O–H groups in total. The summed E-state index contributed by atoms with van der Waals surface area (Å²) in [6, 6.07) is 8.11. The Morgan fingerprint density at radius 2 is 2.11 bits per heavy atom. The number of rotatable bonds is 4. The van der Waals surface area contributed by atoms with Crippen molar-refractivity contribution in [1.82, 2.24) is 34.9 Å². The van der Waals surface area contributed by atoms with E-state index in [0.29, 0.717) is 13.1 Å². The Labute approximate surface area is 164 Å². The first kappa shape index (κ1) is 18.2. The second-order valence-electron chi connectivity index (χ2n) is 7.23. The van der Waals surface area contributed by atoms with Crippen molar-refractivity contribution in [1.29, 1.82) is 0 Å². The first-order valence-electron chi connectivity index (χ1n) is 9.61. The number of aryl methyl sites for hydroxylation is 2. The van der Waals surface area contributed by atoms with Gasteiger partial charge in [-0.15, -0.1) is 0 Å². The number of nitrogens with one attached hydrogen (secondary N) is 2. The van der Waals surface area contributed by atoms with Gasteiger partial charge in [-0.3, -0.25) is 5.10 Å². The average Bonchev–Trinajstić information content (AvgIpc) is 3.35. The van der Waals surface area contributed by atoms with E-state index in [1.54, 1.807) is 6.20 Å². The second kappa shape index (κ2) is 7.84. The van der Waals surface area contributed by atoms with Gasteiger partial charge < -0.3 is 14.8 Å². The summed E-state index contributed by atoms with van der Waals surface area (Å²) in [5.74, 6) is 2.76. The Kier molecular flexibility index (Phi) is 5.10. The van der Waals surface area contributed by atoms with Crippen LogP contribution < -0.4 is 5.32 Å². The lowest BCUT2D eigenvalue weighted by atomic mass is 9.98. The highest BCUT2D eigenvalue weighted by molar-refractivity contribution is 5.74. The van der Waals surface area contributed by atoms with Crippen LogP contribution in [0.4, 0.5) is 4.79 Å². The quantitative estimate of drug-likeness (QED) is 0.729. The zero-order valence-corrected chi connectivity index (χ0v) is 16.2. The molecule has 3 aromatic rings. The number of aromatic amines is 1. The maximum atomic E-state index is 12.6. The number of likely N-dealkylation sites (tertiary alicyclic amines) is 1. The number of hydrogen-bond donors (Lipinski definition) is 2. The van der Waals surface area contributed by atoms with Gasteiger partial charge in [-0.1, -0.05) is 12.1 Å². The summed E-state index contributed by atoms with van der Waals surface area (Å²) in [6.07, 6.45) is 5.70. The zero-order chi connectivity index (χ0) is 19.5. The molecule has 3 heterocycles. The molecule has 8 heteroatoms. The van der Waals surface area contributed by atoms with Crippen molar-refractivity contribution < 1.29 is 4.79 Å². The van der Waals surface area contributed by atoms with Gasteiger partial charge in [-0.05, 0) is 44.4 Å². The van der Waals surface area contributed by atoms with E-state index in [2.05, 4.69) is 25.5 Å². The summed E-state index contributed by atoms with van der Waals surface area (Å²) in [5.41, 5.74) is 2.12. The van der Waals surface area contributed by atoms with Gasteiger partial charge in [0.05, 0.1) is 0 Å². The fourth-order valence-electron chi connectivity index (χ4n) is 3.63. The number of carbonyl (C=O) groups is 1. The van der Waals surface area contributed by atoms with Crippen molar-refractivity contribution >= 4 is 6.03 Å². The van der Waals surface area contributed by atoms with E-state index in [1.807, 2.05) is 53.8 Å². The van der Waals surface area contributed by atoms with Crippen LogP contribution in [0, 0.1) is 13.8 Å². The molecule has 1 unspecified atom stereocenters. The number of benzene rings is 1. The van der Waals surface area contributed by atoms with Gasteiger partial charge in [0, 0.05) is 43.6 Å². The third-order valence-corrected chi connectivity index (χ3v) is 5.17. The third-order valence-electron chi connectivity index (χ3n) is 5.17. The number of carbonyl (C=O) groups excluding carboxylic acids is 1. The Morgan fingerprint density at radius 3 is 2.79 bits per heavy atom. The molecule has 1 aliphatic rings. The Hall–Kier alpha value is -3.16. The standard InChI is InChI=1S/C20H25N7O/c1-14-23-19(25-24-14)17-4-3-10-26(13-17)20(28)22-12-16-5-7-18(8-6-16)27-11-9-21-15(27)2/h5-9,11,17H,3-4,10,12-13H2,1-2H3,(H,22,28)(H,23,24,25). The van der Waals surface area contributed by atoms with E-state index in [1.165, 1.54) is 0 Å². The fourth-order valence-corrected chi connectivity index (χ4v) is 3.63. The van der Waals surface area contributed by atoms with Crippen LogP contribution in [0.25, 0.3) is 5.69 Å². The summed E-state index contributed by atoms with van der Waals surface area (Å²) in [4.78, 5) is 23.1. The van der Waals surface area contributed by atoms with Crippen molar-refractivity contribution in [2.45, 2.75) is 39.2 Å². The van der Waals surface area contributed by atoms with E-state index in [9.17, 15) is 4.79 Å². The lowest BCUT2D eigenvalue weighted by Crippen LogP contribution is -2.44. The van der Waals surface area contributed by atoms with Crippen LogP contribution in [0.1, 0.15) is 41.8 Å². The second-order valence-corrected chi connectivity index (χ2v) is 7.23. The molecule has 1 saturated heterocycles. The van der Waals surface area contributed by atoms with Crippen LogP contribution in [0.5, 0.6) is 0 Å². The summed E-state index contributed by atoms with van der Waals surface area (Å²) in [5, 5.41) is 10.2. The molecule has 1 aromatic carbocycles. The van der Waals surface area contributed by atoms with Crippen molar-refractivity contribution in [3.63, 3.8) is 0 Å². The highest BCUT2D eigenvalue weighted by Gasteiger charge is 2.27. The first-order chi connectivity index (χ1) is 13.6. The van der Waals surface area contributed by atoms with Gasteiger partial charge >= 0.3 is 6.03 Å². The largest absolute Gasteiger partial charge is 0.334 e. The number of nitrogens with zero attached hydrogens (tertiary/aromatic N) is 5. The van der Waals surface area contributed by atoms with E-state index < -0.39 is 0 Å². The van der Waals surface area contributed by atoms with Crippen LogP contribution in [-0.4, -0.2) is 48.8 Å². The van der Waals surface area contributed by atoms with E-state index in [-0.39, 0.29) is 11.9 Å². The van der Waals surface area contributed by atoms with E-state index in [0.717, 1.165) is 48.1 Å². The molecule has 2 amide bonds. The van der Waals surface area contributed by atoms with E-state index in [4.69, 9.17) is 0 Å². The maximum absolute atomic E-state index is 12.6. The van der Waals surface area contributed by atoms with Crippen molar-refractivity contribution in [3.05, 3.63) is 59.7 Å². The van der Waals surface area contributed by atoms with E-state index >= 15 is 0 Å². The summed E-state index contributed by atoms with van der Waals surface area (Å²) in [7, 11) is 0. The van der Waals surface area contributed by atoms with Crippen molar-refractivity contribution in [2.24, 2.45) is 0 Å². The maximum Gasteiger partial charge on any atom is 0.317 e. The van der Waals surface area contributed by atoms with Gasteiger partial charge in [-0.2, -0.15) is 5.10 Å². The SMILES string of the molecule is Cc1nc(C2CCCN(C(=O)NCc3ccc(-n4ccnc4C)cc3)C2)n[nH]1. The van der Waals surface area contributed by atoms with Gasteiger partial charge in [0.25, 0.3) is 0 Å². The highest BCUT2D eigenvalue weighted by Crippen LogP contribution is 2.24. The number of piperidine rings is 1. The molecule has 1 atom stereocenters. The molecule has 0 bridgehead atoms. The Morgan fingerprint density at radius 1 is 1.29 bits per heavy atom. The monoisotopic (exact) mass is 379 g/mol. The number of imidazole rings is 1. The van der Waals surface area contributed by atoms with Crippen molar-refractivity contribution in [2.75, 3.05) is 13.1 Å². The van der Waals surface area contributed by atoms with Gasteiger partial charge in [0.2, 0.25) is 0 Å². The highest BCUT2D eigenvalue weighted by atomic mass is 16.2. The fraction of sp³-hybridized carbons (Fsp3) is 0.400. The smallest absolute Gasteiger partial charge is 0.317 e. The molecule has 0 radical (unpaired) electrons. The molecule has 4 rings (SSSR count). The van der Waals surface area contributed by atoms with Crippen LogP contribution in [0.3, 0.4) is 0 Å². The predicted molar refractivity (Wildman–Crippen MR) is 105 cm³/mol. The number of hydrogen-bond acceptors (Lipinski definition) is 4. The predicted octanol–water partition coefficient (Wildman–Crippen LogP) is 2.70. The molecule has 0 spiro atoms. The molecule has 1 aliphatic heterocycles. The Balaban J connectivity index is 1.33. The minimum atomic E-state index is -0.0357. The lowest BCUT2D eigenvalue weighted by molar-refractivity contribution is 0.178. The molecular weight excluding hydrogens is 354 g/mol. The molecule has 146 valence electrons. The van der Waals surface area contributed by atoms with Gasteiger partial charge in [0.15, 0.2) is 5.82 Å². The molecule has 8 nitrogen and oxygen atoms in total. The molecule has 0 aliphatic carbocycles. The molecule has 2 aromatic heterocycles. The minimum Gasteiger partial charge on any atom is -0.334 e. The Bertz CT molecular complexity index is 944. The zero-order valence-electron chi connectivity index (χ0n) is 16.2. The normalized spacial score (nSPS) is 16.9. The molecule has 28 heavy (non-hydrogen) atoms. The average molecular weight is 379 g/mol. The number of amides is 2. The number of aromatic nitrogens is 5. The molecule has 1 fully saturated rings. The molecular formula is C20H25N7O. The summed E-state index contributed by atoms with van der Waals surface area (Å²) < 4.78 is 2.03. The summed E-state index contributed by atoms with van der Waals surface area (Å²) >= 11 is 0. The van der Waals surface area contributed by atoms with Gasteiger partial charge in [0.1, 0.15) is 11.6 Å². The van der Waals surface area contributed by atoms with Crippen LogP contribution >= 0.6 is 0 Å². The number of H-pyrrole nitrogens is 1. The molecule has 0 saturated carbocycles. The van der Waals surface area contributed by atoms with Crippen molar-refractivity contribution in [3.8, 4) is 5.69 Å². The third kappa shape index (κ3) is 3.90. The van der Waals surface area contributed by atoms with Crippen LogP contribution in [0.15, 0.2) is 36.7 Å². The summed E-state index contributed by atoms with van der Waals surface area (Å²) in [6.45, 7) is 5.79.